The highest BCUT2D eigenvalue weighted by Gasteiger charge is 2.25. The standard InChI is InChI=1S/C19H25N3OS/c1-8-21(11-13-23-12-1)18-6-9-22(10-7-18)17-4-2-16(3-5-17)19-14-24-15-20-19/h2-5,14-15,18H,1,6-13H2. The number of hydrogen-bond acceptors (Lipinski definition) is 5. The van der Waals surface area contributed by atoms with Gasteiger partial charge in [-0.25, -0.2) is 4.98 Å². The molecule has 1 aromatic heterocycles. The monoisotopic (exact) mass is 343 g/mol. The summed E-state index contributed by atoms with van der Waals surface area (Å²) in [5.74, 6) is 0. The molecule has 3 heterocycles. The summed E-state index contributed by atoms with van der Waals surface area (Å²) in [5, 5.41) is 2.10. The molecule has 2 aliphatic rings. The van der Waals surface area contributed by atoms with Crippen LogP contribution in [0.25, 0.3) is 11.3 Å². The van der Waals surface area contributed by atoms with Gasteiger partial charge in [0.15, 0.2) is 0 Å². The zero-order valence-corrected chi connectivity index (χ0v) is 14.9. The first-order valence-corrected chi connectivity index (χ1v) is 9.90. The minimum Gasteiger partial charge on any atom is -0.380 e. The molecule has 0 spiro atoms. The van der Waals surface area contributed by atoms with Crippen molar-refractivity contribution in [2.24, 2.45) is 0 Å². The van der Waals surface area contributed by atoms with Crippen molar-refractivity contribution in [3.8, 4) is 11.3 Å². The van der Waals surface area contributed by atoms with Crippen LogP contribution in [0.5, 0.6) is 0 Å². The molecule has 1 aromatic carbocycles. The van der Waals surface area contributed by atoms with Gasteiger partial charge >= 0.3 is 0 Å². The van der Waals surface area contributed by atoms with Crippen molar-refractivity contribution in [2.45, 2.75) is 25.3 Å². The fourth-order valence-corrected chi connectivity index (χ4v) is 4.38. The van der Waals surface area contributed by atoms with Crippen molar-refractivity contribution in [3.63, 3.8) is 0 Å². The molecule has 0 amide bonds. The van der Waals surface area contributed by atoms with Crippen LogP contribution in [0.4, 0.5) is 5.69 Å². The van der Waals surface area contributed by atoms with Gasteiger partial charge in [-0.3, -0.25) is 4.90 Å². The van der Waals surface area contributed by atoms with Crippen LogP contribution < -0.4 is 4.90 Å². The van der Waals surface area contributed by atoms with E-state index in [9.17, 15) is 0 Å². The summed E-state index contributed by atoms with van der Waals surface area (Å²) in [4.78, 5) is 9.56. The highest BCUT2D eigenvalue weighted by Crippen LogP contribution is 2.26. The predicted molar refractivity (Wildman–Crippen MR) is 99.8 cm³/mol. The van der Waals surface area contributed by atoms with Crippen LogP contribution in [0.2, 0.25) is 0 Å². The maximum Gasteiger partial charge on any atom is 0.0811 e. The maximum atomic E-state index is 5.59. The van der Waals surface area contributed by atoms with Crippen LogP contribution >= 0.6 is 11.3 Å². The minimum atomic E-state index is 0.734. The second-order valence-electron chi connectivity index (χ2n) is 6.64. The summed E-state index contributed by atoms with van der Waals surface area (Å²) < 4.78 is 5.59. The number of anilines is 1. The average molecular weight is 343 g/mol. The Morgan fingerprint density at radius 2 is 1.83 bits per heavy atom. The van der Waals surface area contributed by atoms with Gasteiger partial charge in [-0.2, -0.15) is 0 Å². The zero-order chi connectivity index (χ0) is 16.2. The lowest BCUT2D eigenvalue weighted by Gasteiger charge is -2.39. The van der Waals surface area contributed by atoms with Crippen molar-refractivity contribution in [1.82, 2.24) is 9.88 Å². The molecule has 0 saturated carbocycles. The van der Waals surface area contributed by atoms with Gasteiger partial charge in [0, 0.05) is 55.5 Å². The molecule has 0 bridgehead atoms. The number of piperidine rings is 1. The van der Waals surface area contributed by atoms with Crippen LogP contribution in [0.3, 0.4) is 0 Å². The van der Waals surface area contributed by atoms with E-state index in [1.165, 1.54) is 37.1 Å². The summed E-state index contributed by atoms with van der Waals surface area (Å²) in [7, 11) is 0. The van der Waals surface area contributed by atoms with E-state index < -0.39 is 0 Å². The Bertz CT molecular complexity index is 613. The van der Waals surface area contributed by atoms with E-state index in [2.05, 4.69) is 44.4 Å². The predicted octanol–water partition coefficient (Wildman–Crippen LogP) is 3.50. The number of nitrogens with zero attached hydrogens (tertiary/aromatic N) is 3. The molecular formula is C19H25N3OS. The van der Waals surface area contributed by atoms with Crippen molar-refractivity contribution >= 4 is 17.0 Å². The molecule has 24 heavy (non-hydrogen) atoms. The van der Waals surface area contributed by atoms with Crippen molar-refractivity contribution in [1.29, 1.82) is 0 Å². The second-order valence-corrected chi connectivity index (χ2v) is 7.36. The lowest BCUT2D eigenvalue weighted by Crippen LogP contribution is -2.45. The van der Waals surface area contributed by atoms with Crippen molar-refractivity contribution < 1.29 is 4.74 Å². The molecule has 0 unspecified atom stereocenters. The topological polar surface area (TPSA) is 28.6 Å². The van der Waals surface area contributed by atoms with Crippen LogP contribution in [-0.2, 0) is 4.74 Å². The summed E-state index contributed by atoms with van der Waals surface area (Å²) >= 11 is 1.65. The van der Waals surface area contributed by atoms with Gasteiger partial charge in [-0.15, -0.1) is 11.3 Å². The number of hydrogen-bond donors (Lipinski definition) is 0. The summed E-state index contributed by atoms with van der Waals surface area (Å²) in [6.45, 7) is 6.44. The minimum absolute atomic E-state index is 0.734. The first-order chi connectivity index (χ1) is 11.9. The van der Waals surface area contributed by atoms with Crippen molar-refractivity contribution in [2.75, 3.05) is 44.3 Å². The Hall–Kier alpha value is -1.43. The SMILES string of the molecule is c1nc(-c2ccc(N3CCC(N4CCCOCC4)CC3)cc2)cs1. The number of thiazole rings is 1. The highest BCUT2D eigenvalue weighted by atomic mass is 32.1. The third-order valence-electron chi connectivity index (χ3n) is 5.20. The van der Waals surface area contributed by atoms with Crippen molar-refractivity contribution in [3.05, 3.63) is 35.2 Å². The molecule has 0 atom stereocenters. The number of rotatable bonds is 3. The van der Waals surface area contributed by atoms with Crippen LogP contribution in [0, 0.1) is 0 Å². The van der Waals surface area contributed by atoms with Gasteiger partial charge in [0.05, 0.1) is 17.8 Å². The molecular weight excluding hydrogens is 318 g/mol. The van der Waals surface area contributed by atoms with Gasteiger partial charge in [0.25, 0.3) is 0 Å². The summed E-state index contributed by atoms with van der Waals surface area (Å²) in [6.07, 6.45) is 3.69. The van der Waals surface area contributed by atoms with Crippen LogP contribution in [0.1, 0.15) is 19.3 Å². The summed E-state index contributed by atoms with van der Waals surface area (Å²) in [6, 6.07) is 9.62. The lowest BCUT2D eigenvalue weighted by molar-refractivity contribution is 0.125. The number of ether oxygens (including phenoxy) is 1. The molecule has 128 valence electrons. The Morgan fingerprint density at radius 1 is 1.00 bits per heavy atom. The first kappa shape index (κ1) is 16.1. The Kier molecular flexibility index (Phi) is 5.11. The smallest absolute Gasteiger partial charge is 0.0811 e. The quantitative estimate of drug-likeness (QED) is 0.853. The summed E-state index contributed by atoms with van der Waals surface area (Å²) in [5.41, 5.74) is 5.52. The van der Waals surface area contributed by atoms with E-state index in [1.54, 1.807) is 11.3 Å². The normalized spacial score (nSPS) is 20.9. The molecule has 4 rings (SSSR count). The maximum absolute atomic E-state index is 5.59. The largest absolute Gasteiger partial charge is 0.380 e. The average Bonchev–Trinajstić information content (AvgIpc) is 3.05. The third-order valence-corrected chi connectivity index (χ3v) is 5.78. The van der Waals surface area contributed by atoms with E-state index in [4.69, 9.17) is 4.74 Å². The molecule has 0 N–H and O–H groups in total. The molecule has 2 aromatic rings. The molecule has 2 fully saturated rings. The molecule has 0 aliphatic carbocycles. The van der Waals surface area contributed by atoms with Gasteiger partial charge < -0.3 is 9.64 Å². The second kappa shape index (κ2) is 7.64. The first-order valence-electron chi connectivity index (χ1n) is 8.95. The Morgan fingerprint density at radius 3 is 2.58 bits per heavy atom. The molecule has 0 radical (unpaired) electrons. The van der Waals surface area contributed by atoms with Gasteiger partial charge in [0.1, 0.15) is 0 Å². The molecule has 4 nitrogen and oxygen atoms in total. The Balaban J connectivity index is 1.35. The van der Waals surface area contributed by atoms with Gasteiger partial charge in [-0.1, -0.05) is 12.1 Å². The van der Waals surface area contributed by atoms with E-state index in [-0.39, 0.29) is 0 Å². The number of benzene rings is 1. The fourth-order valence-electron chi connectivity index (χ4n) is 3.82. The molecule has 5 heteroatoms. The fraction of sp³-hybridized carbons (Fsp3) is 0.526. The molecule has 2 aliphatic heterocycles. The molecule has 2 saturated heterocycles. The van der Waals surface area contributed by atoms with E-state index >= 15 is 0 Å². The Labute approximate surface area is 148 Å². The van der Waals surface area contributed by atoms with Gasteiger partial charge in [0.2, 0.25) is 0 Å². The zero-order valence-electron chi connectivity index (χ0n) is 14.1. The lowest BCUT2D eigenvalue weighted by atomic mass is 10.0. The highest BCUT2D eigenvalue weighted by molar-refractivity contribution is 7.07. The number of aromatic nitrogens is 1. The van der Waals surface area contributed by atoms with Gasteiger partial charge in [-0.05, 0) is 31.4 Å². The van der Waals surface area contributed by atoms with E-state index in [0.717, 1.165) is 44.6 Å². The van der Waals surface area contributed by atoms with E-state index in [1.807, 2.05) is 5.51 Å². The van der Waals surface area contributed by atoms with E-state index in [0.29, 0.717) is 0 Å². The van der Waals surface area contributed by atoms with Crippen LogP contribution in [-0.4, -0.2) is 55.3 Å². The third kappa shape index (κ3) is 3.63. The van der Waals surface area contributed by atoms with Crippen LogP contribution in [0.15, 0.2) is 35.2 Å².